The third-order valence-electron chi connectivity index (χ3n) is 4.77. The van der Waals surface area contributed by atoms with Gasteiger partial charge in [-0.05, 0) is 47.6 Å². The molecular weight excluding hydrogens is 242 g/mol. The Labute approximate surface area is 125 Å². The monoisotopic (exact) mass is 273 g/mol. The smallest absolute Gasteiger partial charge is 0.0380 e. The zero-order valence-corrected chi connectivity index (χ0v) is 14.1. The van der Waals surface area contributed by atoms with Crippen molar-refractivity contribution >= 4 is 5.69 Å². The molecule has 0 aromatic heterocycles. The molecule has 0 amide bonds. The minimum absolute atomic E-state index is 0.195. The van der Waals surface area contributed by atoms with Crippen LogP contribution in [0.25, 0.3) is 0 Å². The number of hydrogen-bond acceptors (Lipinski definition) is 1. The van der Waals surface area contributed by atoms with E-state index in [2.05, 4.69) is 71.1 Å². The summed E-state index contributed by atoms with van der Waals surface area (Å²) in [6, 6.07) is 9.42. The van der Waals surface area contributed by atoms with Crippen LogP contribution in [0.5, 0.6) is 0 Å². The molecule has 20 heavy (non-hydrogen) atoms. The zero-order valence-electron chi connectivity index (χ0n) is 14.1. The summed E-state index contributed by atoms with van der Waals surface area (Å²) < 4.78 is 0. The Balaban J connectivity index is 2.15. The van der Waals surface area contributed by atoms with Gasteiger partial charge in [0.25, 0.3) is 0 Å². The molecule has 0 radical (unpaired) electrons. The Morgan fingerprint density at radius 1 is 1.15 bits per heavy atom. The number of hydrogen-bond donors (Lipinski definition) is 1. The lowest BCUT2D eigenvalue weighted by molar-refractivity contribution is 0.177. The van der Waals surface area contributed by atoms with Gasteiger partial charge in [-0.1, -0.05) is 59.7 Å². The molecule has 2 atom stereocenters. The first-order valence-electron chi connectivity index (χ1n) is 8.05. The lowest BCUT2D eigenvalue weighted by atomic mass is 9.70. The van der Waals surface area contributed by atoms with Gasteiger partial charge in [-0.25, -0.2) is 0 Å². The molecule has 2 unspecified atom stereocenters. The van der Waals surface area contributed by atoms with Crippen molar-refractivity contribution in [3.05, 3.63) is 29.8 Å². The van der Waals surface area contributed by atoms with Gasteiger partial charge in [0.1, 0.15) is 0 Å². The quantitative estimate of drug-likeness (QED) is 0.738. The summed E-state index contributed by atoms with van der Waals surface area (Å²) in [5.74, 6) is 0.742. The zero-order chi connectivity index (χ0) is 15.0. The second-order valence-corrected chi connectivity index (χ2v) is 8.43. The van der Waals surface area contributed by atoms with Crippen molar-refractivity contribution in [1.82, 2.24) is 0 Å². The molecule has 1 aliphatic carbocycles. The van der Waals surface area contributed by atoms with Crippen LogP contribution in [0.1, 0.15) is 66.4 Å². The SMILES string of the molecule is CC1CC(C)(C)CCC1Nc1ccccc1C(C)(C)C. The van der Waals surface area contributed by atoms with E-state index in [1.165, 1.54) is 30.5 Å². The molecule has 1 aliphatic rings. The van der Waals surface area contributed by atoms with Gasteiger partial charge in [-0.3, -0.25) is 0 Å². The van der Waals surface area contributed by atoms with Gasteiger partial charge in [0.05, 0.1) is 0 Å². The molecule has 2 rings (SSSR count). The Hall–Kier alpha value is -0.980. The van der Waals surface area contributed by atoms with E-state index in [0.717, 1.165) is 5.92 Å². The van der Waals surface area contributed by atoms with E-state index in [1.54, 1.807) is 0 Å². The molecule has 112 valence electrons. The van der Waals surface area contributed by atoms with Crippen LogP contribution >= 0.6 is 0 Å². The second-order valence-electron chi connectivity index (χ2n) is 8.43. The predicted octanol–water partition coefficient (Wildman–Crippen LogP) is 5.61. The maximum Gasteiger partial charge on any atom is 0.0380 e. The van der Waals surface area contributed by atoms with Gasteiger partial charge in [0, 0.05) is 11.7 Å². The summed E-state index contributed by atoms with van der Waals surface area (Å²) in [4.78, 5) is 0. The Bertz CT molecular complexity index is 453. The standard InChI is InChI=1S/C19H31N/c1-14-13-19(5,6)12-11-16(14)20-17-10-8-7-9-15(17)18(2,3)4/h7-10,14,16,20H,11-13H2,1-6H3. The first-order valence-corrected chi connectivity index (χ1v) is 8.05. The molecular formula is C19H31N. The highest BCUT2D eigenvalue weighted by Gasteiger charge is 2.32. The van der Waals surface area contributed by atoms with Gasteiger partial charge in [-0.15, -0.1) is 0 Å². The third kappa shape index (κ3) is 3.56. The van der Waals surface area contributed by atoms with Gasteiger partial charge < -0.3 is 5.32 Å². The van der Waals surface area contributed by atoms with Crippen LogP contribution in [-0.2, 0) is 5.41 Å². The summed E-state index contributed by atoms with van der Waals surface area (Å²) in [5, 5.41) is 3.84. The summed E-state index contributed by atoms with van der Waals surface area (Å²) in [7, 11) is 0. The van der Waals surface area contributed by atoms with Crippen LogP contribution in [0.4, 0.5) is 5.69 Å². The maximum absolute atomic E-state index is 3.84. The first-order chi connectivity index (χ1) is 9.19. The molecule has 1 N–H and O–H groups in total. The number of para-hydroxylation sites is 1. The highest BCUT2D eigenvalue weighted by molar-refractivity contribution is 5.54. The molecule has 0 heterocycles. The minimum atomic E-state index is 0.195. The van der Waals surface area contributed by atoms with E-state index in [1.807, 2.05) is 0 Å². The summed E-state index contributed by atoms with van der Waals surface area (Å²) in [6.45, 7) is 14.1. The van der Waals surface area contributed by atoms with Gasteiger partial charge >= 0.3 is 0 Å². The van der Waals surface area contributed by atoms with Crippen LogP contribution in [-0.4, -0.2) is 6.04 Å². The summed E-state index contributed by atoms with van der Waals surface area (Å²) in [5.41, 5.74) is 3.47. The van der Waals surface area contributed by atoms with E-state index in [4.69, 9.17) is 0 Å². The fraction of sp³-hybridized carbons (Fsp3) is 0.684. The highest BCUT2D eigenvalue weighted by atomic mass is 14.9. The van der Waals surface area contributed by atoms with Crippen LogP contribution in [0, 0.1) is 11.3 Å². The van der Waals surface area contributed by atoms with Crippen molar-refractivity contribution < 1.29 is 0 Å². The van der Waals surface area contributed by atoms with E-state index < -0.39 is 0 Å². The molecule has 1 saturated carbocycles. The van der Waals surface area contributed by atoms with Crippen LogP contribution < -0.4 is 5.32 Å². The average molecular weight is 273 g/mol. The second kappa shape index (κ2) is 5.42. The lowest BCUT2D eigenvalue weighted by Gasteiger charge is -2.40. The van der Waals surface area contributed by atoms with Crippen molar-refractivity contribution in [3.63, 3.8) is 0 Å². The summed E-state index contributed by atoms with van der Waals surface area (Å²) in [6.07, 6.45) is 3.93. The summed E-state index contributed by atoms with van der Waals surface area (Å²) >= 11 is 0. The average Bonchev–Trinajstić information content (AvgIpc) is 2.31. The molecule has 1 nitrogen and oxygen atoms in total. The van der Waals surface area contributed by atoms with E-state index in [-0.39, 0.29) is 5.41 Å². The number of benzene rings is 1. The van der Waals surface area contributed by atoms with Crippen molar-refractivity contribution in [2.45, 2.75) is 72.3 Å². The molecule has 1 aromatic rings. The Kier molecular flexibility index (Phi) is 4.18. The van der Waals surface area contributed by atoms with E-state index in [9.17, 15) is 0 Å². The number of rotatable bonds is 2. The van der Waals surface area contributed by atoms with Crippen molar-refractivity contribution in [1.29, 1.82) is 0 Å². The molecule has 1 fully saturated rings. The molecule has 0 bridgehead atoms. The van der Waals surface area contributed by atoms with Crippen LogP contribution in [0.15, 0.2) is 24.3 Å². The Morgan fingerprint density at radius 2 is 1.80 bits per heavy atom. The van der Waals surface area contributed by atoms with E-state index in [0.29, 0.717) is 11.5 Å². The van der Waals surface area contributed by atoms with Crippen molar-refractivity contribution in [2.75, 3.05) is 5.32 Å². The molecule has 0 aliphatic heterocycles. The van der Waals surface area contributed by atoms with Gasteiger partial charge in [-0.2, -0.15) is 0 Å². The predicted molar refractivity (Wildman–Crippen MR) is 89.3 cm³/mol. The molecule has 1 heteroatoms. The van der Waals surface area contributed by atoms with Crippen molar-refractivity contribution in [3.8, 4) is 0 Å². The van der Waals surface area contributed by atoms with Gasteiger partial charge in [0.15, 0.2) is 0 Å². The number of nitrogens with one attached hydrogen (secondary N) is 1. The molecule has 0 saturated heterocycles. The van der Waals surface area contributed by atoms with Gasteiger partial charge in [0.2, 0.25) is 0 Å². The minimum Gasteiger partial charge on any atom is -0.382 e. The molecule has 1 aromatic carbocycles. The Morgan fingerprint density at radius 3 is 2.40 bits per heavy atom. The topological polar surface area (TPSA) is 12.0 Å². The third-order valence-corrected chi connectivity index (χ3v) is 4.77. The largest absolute Gasteiger partial charge is 0.382 e. The first kappa shape index (κ1) is 15.4. The lowest BCUT2D eigenvalue weighted by Crippen LogP contribution is -2.37. The normalized spacial score (nSPS) is 26.3. The highest BCUT2D eigenvalue weighted by Crippen LogP contribution is 2.40. The number of anilines is 1. The fourth-order valence-electron chi connectivity index (χ4n) is 3.62. The molecule has 0 spiro atoms. The van der Waals surface area contributed by atoms with Crippen LogP contribution in [0.3, 0.4) is 0 Å². The fourth-order valence-corrected chi connectivity index (χ4v) is 3.62. The van der Waals surface area contributed by atoms with Crippen LogP contribution in [0.2, 0.25) is 0 Å². The van der Waals surface area contributed by atoms with E-state index >= 15 is 0 Å². The maximum atomic E-state index is 3.84. The van der Waals surface area contributed by atoms with Crippen molar-refractivity contribution in [2.24, 2.45) is 11.3 Å².